The molecule has 106 valence electrons. The molecule has 0 heterocycles. The summed E-state index contributed by atoms with van der Waals surface area (Å²) < 4.78 is 24.6. The van der Waals surface area contributed by atoms with Crippen LogP contribution >= 0.6 is 15.9 Å². The van der Waals surface area contributed by atoms with Crippen molar-refractivity contribution in [3.05, 3.63) is 28.2 Å². The van der Waals surface area contributed by atoms with E-state index in [1.54, 1.807) is 39.8 Å². The van der Waals surface area contributed by atoms with E-state index in [0.717, 1.165) is 0 Å². The molecule has 0 bridgehead atoms. The van der Waals surface area contributed by atoms with Gasteiger partial charge in [0.05, 0.1) is 15.6 Å². The molecule has 0 saturated heterocycles. The van der Waals surface area contributed by atoms with Crippen LogP contribution in [0.25, 0.3) is 0 Å². The van der Waals surface area contributed by atoms with Crippen LogP contribution in [0.4, 0.5) is 0 Å². The molecule has 0 aromatic heterocycles. The maximum Gasteiger partial charge on any atom is 0.313 e. The van der Waals surface area contributed by atoms with Crippen LogP contribution in [0.5, 0.6) is 0 Å². The van der Waals surface area contributed by atoms with Gasteiger partial charge in [0, 0.05) is 4.47 Å². The standard InChI is InChI=1S/C13H17BrO4S/c1-8(2)19(17,18)11-6-5-9(7-10(11)14)13(3,4)12(15)16/h5-8H,1-4H3,(H,15,16). The number of carboxylic acids is 1. The minimum atomic E-state index is -3.38. The fourth-order valence-electron chi connectivity index (χ4n) is 1.50. The van der Waals surface area contributed by atoms with Crippen LogP contribution in [0.3, 0.4) is 0 Å². The first kappa shape index (κ1) is 16.2. The van der Waals surface area contributed by atoms with E-state index in [1.165, 1.54) is 6.07 Å². The van der Waals surface area contributed by atoms with Crippen LogP contribution in [-0.4, -0.2) is 24.7 Å². The lowest BCUT2D eigenvalue weighted by molar-refractivity contribution is -0.142. The fourth-order valence-corrected chi connectivity index (χ4v) is 3.65. The molecule has 4 nitrogen and oxygen atoms in total. The summed E-state index contributed by atoms with van der Waals surface area (Å²) in [6.45, 7) is 6.37. The van der Waals surface area contributed by atoms with Gasteiger partial charge in [-0.25, -0.2) is 8.42 Å². The molecule has 1 N–H and O–H groups in total. The van der Waals surface area contributed by atoms with Gasteiger partial charge in [0.25, 0.3) is 0 Å². The number of halogens is 1. The van der Waals surface area contributed by atoms with Gasteiger partial charge in [0.2, 0.25) is 0 Å². The molecule has 0 amide bonds. The van der Waals surface area contributed by atoms with E-state index in [-0.39, 0.29) is 4.90 Å². The quantitative estimate of drug-likeness (QED) is 0.907. The monoisotopic (exact) mass is 348 g/mol. The molecule has 0 radical (unpaired) electrons. The number of rotatable bonds is 4. The first-order valence-electron chi connectivity index (χ1n) is 5.78. The highest BCUT2D eigenvalue weighted by Crippen LogP contribution is 2.31. The molecule has 0 unspecified atom stereocenters. The van der Waals surface area contributed by atoms with Gasteiger partial charge in [-0.1, -0.05) is 6.07 Å². The molecule has 1 aromatic rings. The average molecular weight is 349 g/mol. The molecule has 0 atom stereocenters. The van der Waals surface area contributed by atoms with Crippen LogP contribution in [0.1, 0.15) is 33.3 Å². The predicted molar refractivity (Wildman–Crippen MR) is 77.1 cm³/mol. The Morgan fingerprint density at radius 2 is 1.84 bits per heavy atom. The van der Waals surface area contributed by atoms with Gasteiger partial charge in [-0.3, -0.25) is 4.79 Å². The van der Waals surface area contributed by atoms with E-state index >= 15 is 0 Å². The molecule has 19 heavy (non-hydrogen) atoms. The zero-order valence-electron chi connectivity index (χ0n) is 11.3. The van der Waals surface area contributed by atoms with Crippen molar-refractivity contribution in [2.45, 2.75) is 43.3 Å². The van der Waals surface area contributed by atoms with Crippen LogP contribution in [-0.2, 0) is 20.0 Å². The summed E-state index contributed by atoms with van der Waals surface area (Å²) in [5.74, 6) is -0.959. The van der Waals surface area contributed by atoms with Gasteiger partial charge in [-0.15, -0.1) is 0 Å². The maximum atomic E-state index is 12.1. The molecule has 0 spiro atoms. The number of carbonyl (C=O) groups is 1. The average Bonchev–Trinajstić information content (AvgIpc) is 2.27. The molecule has 0 fully saturated rings. The van der Waals surface area contributed by atoms with Crippen LogP contribution in [0.2, 0.25) is 0 Å². The number of hydrogen-bond donors (Lipinski definition) is 1. The minimum Gasteiger partial charge on any atom is -0.481 e. The fraction of sp³-hybridized carbons (Fsp3) is 0.462. The largest absolute Gasteiger partial charge is 0.481 e. The van der Waals surface area contributed by atoms with Crippen molar-refractivity contribution >= 4 is 31.7 Å². The second kappa shape index (κ2) is 5.25. The second-order valence-corrected chi connectivity index (χ2v) is 8.50. The lowest BCUT2D eigenvalue weighted by atomic mass is 9.85. The van der Waals surface area contributed by atoms with Gasteiger partial charge >= 0.3 is 5.97 Å². The molecule has 0 saturated carbocycles. The van der Waals surface area contributed by atoms with E-state index in [0.29, 0.717) is 10.0 Å². The molecule has 1 aromatic carbocycles. The Balaban J connectivity index is 3.39. The first-order valence-corrected chi connectivity index (χ1v) is 8.12. The van der Waals surface area contributed by atoms with Crippen molar-refractivity contribution in [2.24, 2.45) is 0 Å². The summed E-state index contributed by atoms with van der Waals surface area (Å²) in [5, 5.41) is 8.64. The summed E-state index contributed by atoms with van der Waals surface area (Å²) in [7, 11) is -3.38. The Labute approximate surface area is 121 Å². The van der Waals surface area contributed by atoms with Crippen LogP contribution in [0.15, 0.2) is 27.6 Å². The number of hydrogen-bond acceptors (Lipinski definition) is 3. The molecule has 1 rings (SSSR count). The predicted octanol–water partition coefficient (Wildman–Crippen LogP) is 2.99. The van der Waals surface area contributed by atoms with Crippen molar-refractivity contribution < 1.29 is 18.3 Å². The zero-order valence-corrected chi connectivity index (χ0v) is 13.7. The van der Waals surface area contributed by atoms with Crippen molar-refractivity contribution in [1.29, 1.82) is 0 Å². The number of sulfone groups is 1. The summed E-state index contributed by atoms with van der Waals surface area (Å²) in [6, 6.07) is 4.57. The second-order valence-electron chi connectivity index (χ2n) is 5.17. The number of benzene rings is 1. The summed E-state index contributed by atoms with van der Waals surface area (Å²) in [6.07, 6.45) is 0. The number of aliphatic carboxylic acids is 1. The summed E-state index contributed by atoms with van der Waals surface area (Å²) in [5.41, 5.74) is -0.516. The maximum absolute atomic E-state index is 12.1. The van der Waals surface area contributed by atoms with Gasteiger partial charge in [-0.2, -0.15) is 0 Å². The minimum absolute atomic E-state index is 0.187. The summed E-state index contributed by atoms with van der Waals surface area (Å²) in [4.78, 5) is 11.4. The van der Waals surface area contributed by atoms with E-state index < -0.39 is 26.5 Å². The van der Waals surface area contributed by atoms with E-state index in [2.05, 4.69) is 15.9 Å². The van der Waals surface area contributed by atoms with Gasteiger partial charge in [-0.05, 0) is 61.3 Å². The molecular weight excluding hydrogens is 332 g/mol. The van der Waals surface area contributed by atoms with E-state index in [4.69, 9.17) is 5.11 Å². The summed E-state index contributed by atoms with van der Waals surface area (Å²) >= 11 is 3.22. The highest BCUT2D eigenvalue weighted by molar-refractivity contribution is 9.10. The van der Waals surface area contributed by atoms with Crippen molar-refractivity contribution in [2.75, 3.05) is 0 Å². The van der Waals surface area contributed by atoms with Gasteiger partial charge in [0.1, 0.15) is 0 Å². The zero-order chi connectivity index (χ0) is 15.0. The van der Waals surface area contributed by atoms with E-state index in [1.807, 2.05) is 0 Å². The lowest BCUT2D eigenvalue weighted by Gasteiger charge is -2.21. The Hall–Kier alpha value is -0.880. The molecule has 6 heteroatoms. The van der Waals surface area contributed by atoms with E-state index in [9.17, 15) is 13.2 Å². The molecule has 0 aliphatic carbocycles. The SMILES string of the molecule is CC(C)S(=O)(=O)c1ccc(C(C)(C)C(=O)O)cc1Br. The first-order chi connectivity index (χ1) is 8.51. The van der Waals surface area contributed by atoms with Crippen molar-refractivity contribution in [3.8, 4) is 0 Å². The van der Waals surface area contributed by atoms with Crippen LogP contribution < -0.4 is 0 Å². The Morgan fingerprint density at radius 1 is 1.32 bits per heavy atom. The smallest absolute Gasteiger partial charge is 0.313 e. The van der Waals surface area contributed by atoms with Gasteiger partial charge < -0.3 is 5.11 Å². The lowest BCUT2D eigenvalue weighted by Crippen LogP contribution is -2.28. The number of carboxylic acid groups (broad SMARTS) is 1. The third-order valence-electron chi connectivity index (χ3n) is 3.12. The van der Waals surface area contributed by atoms with Gasteiger partial charge in [0.15, 0.2) is 9.84 Å². The third kappa shape index (κ3) is 3.00. The topological polar surface area (TPSA) is 71.4 Å². The molecular formula is C13H17BrO4S. The van der Waals surface area contributed by atoms with Crippen molar-refractivity contribution in [3.63, 3.8) is 0 Å². The highest BCUT2D eigenvalue weighted by atomic mass is 79.9. The highest BCUT2D eigenvalue weighted by Gasteiger charge is 2.31. The normalized spacial score (nSPS) is 12.7. The molecule has 0 aliphatic rings. The molecule has 0 aliphatic heterocycles. The Kier molecular flexibility index (Phi) is 4.47. The van der Waals surface area contributed by atoms with Crippen LogP contribution in [0, 0.1) is 0 Å². The van der Waals surface area contributed by atoms with Crippen molar-refractivity contribution in [1.82, 2.24) is 0 Å². The third-order valence-corrected chi connectivity index (χ3v) is 6.24. The Morgan fingerprint density at radius 3 is 2.21 bits per heavy atom. The Bertz CT molecular complexity index is 603.